The van der Waals surface area contributed by atoms with Crippen molar-refractivity contribution in [2.45, 2.75) is 62.8 Å². The molecule has 2 aromatic heterocycles. The summed E-state index contributed by atoms with van der Waals surface area (Å²) < 4.78 is 22.9. The van der Waals surface area contributed by atoms with E-state index >= 15 is 0 Å². The van der Waals surface area contributed by atoms with Crippen LogP contribution in [0.2, 0.25) is 0 Å². The van der Waals surface area contributed by atoms with Crippen LogP contribution in [0.25, 0.3) is 21.2 Å². The van der Waals surface area contributed by atoms with Crippen LogP contribution in [0.1, 0.15) is 51.0 Å². The number of nitrogens with zero attached hydrogens (tertiary/aromatic N) is 1. The summed E-state index contributed by atoms with van der Waals surface area (Å²) in [5.74, 6) is 0.724. The second-order valence-corrected chi connectivity index (χ2v) is 10.0. The van der Waals surface area contributed by atoms with E-state index in [0.29, 0.717) is 30.4 Å². The number of aryl methyl sites for hydroxylation is 1. The van der Waals surface area contributed by atoms with E-state index in [9.17, 15) is 14.3 Å². The van der Waals surface area contributed by atoms with Gasteiger partial charge in [0.05, 0.1) is 11.7 Å². The number of benzene rings is 1. The minimum Gasteiger partial charge on any atom is -0.490 e. The van der Waals surface area contributed by atoms with Crippen LogP contribution < -0.4 is 10.3 Å². The van der Waals surface area contributed by atoms with Gasteiger partial charge in [-0.2, -0.15) is 0 Å². The summed E-state index contributed by atoms with van der Waals surface area (Å²) in [6, 6.07) is 7.82. The Labute approximate surface area is 178 Å². The molecule has 2 saturated carbocycles. The maximum Gasteiger partial charge on any atom is 0.268 e. The van der Waals surface area contributed by atoms with Crippen molar-refractivity contribution in [2.24, 2.45) is 7.05 Å². The van der Waals surface area contributed by atoms with Gasteiger partial charge in [0.25, 0.3) is 5.56 Å². The molecule has 2 heterocycles. The topological polar surface area (TPSA) is 51.5 Å². The van der Waals surface area contributed by atoms with Crippen molar-refractivity contribution in [1.29, 1.82) is 0 Å². The van der Waals surface area contributed by atoms with Crippen molar-refractivity contribution in [3.8, 4) is 16.9 Å². The molecule has 2 aliphatic carbocycles. The fourth-order valence-electron chi connectivity index (χ4n) is 4.41. The third-order valence-electron chi connectivity index (χ3n) is 6.59. The lowest BCUT2D eigenvalue weighted by Gasteiger charge is -2.32. The predicted molar refractivity (Wildman–Crippen MR) is 118 cm³/mol. The van der Waals surface area contributed by atoms with Crippen molar-refractivity contribution in [3.05, 3.63) is 51.8 Å². The van der Waals surface area contributed by atoms with Gasteiger partial charge in [0, 0.05) is 29.8 Å². The van der Waals surface area contributed by atoms with Gasteiger partial charge in [0.1, 0.15) is 16.1 Å². The molecule has 0 spiro atoms. The number of rotatable bonds is 4. The molecule has 1 N–H and O–H groups in total. The molecule has 0 radical (unpaired) electrons. The van der Waals surface area contributed by atoms with Gasteiger partial charge >= 0.3 is 0 Å². The minimum atomic E-state index is -1.11. The molecular weight excluding hydrogens is 401 g/mol. The lowest BCUT2D eigenvalue weighted by atomic mass is 9.86. The fraction of sp³-hybridized carbons (Fsp3) is 0.458. The molecule has 5 rings (SSSR count). The lowest BCUT2D eigenvalue weighted by Crippen LogP contribution is -2.31. The van der Waals surface area contributed by atoms with Crippen LogP contribution in [-0.2, 0) is 12.6 Å². The second-order valence-electron chi connectivity index (χ2n) is 9.10. The van der Waals surface area contributed by atoms with Crippen LogP contribution in [-0.4, -0.2) is 21.4 Å². The second kappa shape index (κ2) is 6.92. The summed E-state index contributed by atoms with van der Waals surface area (Å²) in [4.78, 5) is 12.5. The SMILES string of the molecule is Cn1cc(-c2cc(C3(O)CC3)ccc2OC2CCC(C)(F)CC2)c2ccsc2c1=O. The monoisotopic (exact) mass is 427 g/mol. The highest BCUT2D eigenvalue weighted by molar-refractivity contribution is 7.17. The van der Waals surface area contributed by atoms with Crippen LogP contribution >= 0.6 is 11.3 Å². The van der Waals surface area contributed by atoms with Crippen molar-refractivity contribution < 1.29 is 14.2 Å². The van der Waals surface area contributed by atoms with Gasteiger partial charge in [-0.25, -0.2) is 4.39 Å². The largest absolute Gasteiger partial charge is 0.490 e. The molecule has 30 heavy (non-hydrogen) atoms. The van der Waals surface area contributed by atoms with Crippen LogP contribution in [0.4, 0.5) is 4.39 Å². The van der Waals surface area contributed by atoms with E-state index in [0.717, 1.165) is 40.7 Å². The zero-order valence-corrected chi connectivity index (χ0v) is 18.1. The Bertz CT molecular complexity index is 1160. The van der Waals surface area contributed by atoms with E-state index in [-0.39, 0.29) is 11.7 Å². The van der Waals surface area contributed by atoms with Crippen LogP contribution in [0.3, 0.4) is 0 Å². The first-order valence-corrected chi connectivity index (χ1v) is 11.4. The molecule has 2 fully saturated rings. The van der Waals surface area contributed by atoms with Gasteiger partial charge in [0.15, 0.2) is 0 Å². The minimum absolute atomic E-state index is 0.0160. The highest BCUT2D eigenvalue weighted by atomic mass is 32.1. The summed E-state index contributed by atoms with van der Waals surface area (Å²) in [7, 11) is 1.76. The van der Waals surface area contributed by atoms with E-state index in [1.54, 1.807) is 18.5 Å². The van der Waals surface area contributed by atoms with Crippen LogP contribution in [0.15, 0.2) is 40.6 Å². The van der Waals surface area contributed by atoms with E-state index in [4.69, 9.17) is 4.74 Å². The molecule has 0 bridgehead atoms. The summed E-state index contributed by atoms with van der Waals surface area (Å²) in [6.45, 7) is 1.66. The number of thiophene rings is 1. The summed E-state index contributed by atoms with van der Waals surface area (Å²) in [6.07, 6.45) is 5.68. The smallest absolute Gasteiger partial charge is 0.268 e. The van der Waals surface area contributed by atoms with E-state index in [2.05, 4.69) is 0 Å². The highest BCUT2D eigenvalue weighted by Crippen LogP contribution is 2.48. The van der Waals surface area contributed by atoms with Crippen LogP contribution in [0.5, 0.6) is 5.75 Å². The van der Waals surface area contributed by atoms with E-state index in [1.807, 2.05) is 35.8 Å². The zero-order valence-electron chi connectivity index (χ0n) is 17.3. The molecular formula is C24H26FNO3S. The highest BCUT2D eigenvalue weighted by Gasteiger charge is 2.42. The number of ether oxygens (including phenoxy) is 1. The Morgan fingerprint density at radius 3 is 2.60 bits per heavy atom. The third kappa shape index (κ3) is 3.46. The number of fused-ring (bicyclic) bond motifs is 1. The van der Waals surface area contributed by atoms with Gasteiger partial charge < -0.3 is 14.4 Å². The van der Waals surface area contributed by atoms with Crippen LogP contribution in [0, 0.1) is 0 Å². The van der Waals surface area contributed by atoms with Gasteiger partial charge in [0.2, 0.25) is 0 Å². The zero-order chi connectivity index (χ0) is 21.1. The molecule has 1 aromatic carbocycles. The van der Waals surface area contributed by atoms with Gasteiger partial charge in [-0.3, -0.25) is 4.79 Å². The maximum absolute atomic E-state index is 14.2. The number of pyridine rings is 1. The Kier molecular flexibility index (Phi) is 4.56. The van der Waals surface area contributed by atoms with Gasteiger partial charge in [-0.15, -0.1) is 11.3 Å². The first-order chi connectivity index (χ1) is 14.3. The average molecular weight is 428 g/mol. The Hall–Kier alpha value is -2.18. The Balaban J connectivity index is 1.60. The van der Waals surface area contributed by atoms with Gasteiger partial charge in [-0.05, 0) is 74.6 Å². The predicted octanol–water partition coefficient (Wildman–Crippen LogP) is 5.30. The summed E-state index contributed by atoms with van der Waals surface area (Å²) in [5.41, 5.74) is 0.783. The van der Waals surface area contributed by atoms with E-state index < -0.39 is 11.3 Å². The molecule has 6 heteroatoms. The Morgan fingerprint density at radius 2 is 1.90 bits per heavy atom. The van der Waals surface area contributed by atoms with Crippen molar-refractivity contribution in [1.82, 2.24) is 4.57 Å². The molecule has 0 amide bonds. The molecule has 0 unspecified atom stereocenters. The number of aromatic nitrogens is 1. The molecule has 0 aliphatic heterocycles. The molecule has 2 aliphatic rings. The third-order valence-corrected chi connectivity index (χ3v) is 7.49. The lowest BCUT2D eigenvalue weighted by molar-refractivity contribution is 0.0581. The molecule has 3 aromatic rings. The van der Waals surface area contributed by atoms with Crippen molar-refractivity contribution >= 4 is 21.4 Å². The Morgan fingerprint density at radius 1 is 1.17 bits per heavy atom. The number of hydrogen-bond acceptors (Lipinski definition) is 4. The number of aliphatic hydroxyl groups is 1. The molecule has 0 saturated heterocycles. The fourth-order valence-corrected chi connectivity index (χ4v) is 5.30. The first-order valence-electron chi connectivity index (χ1n) is 10.6. The summed E-state index contributed by atoms with van der Waals surface area (Å²) >= 11 is 1.44. The van der Waals surface area contributed by atoms with Gasteiger partial charge in [-0.1, -0.05) is 6.07 Å². The normalized spacial score (nSPS) is 25.4. The maximum atomic E-state index is 14.2. The first kappa shape index (κ1) is 19.8. The quantitative estimate of drug-likeness (QED) is 0.615. The van der Waals surface area contributed by atoms with Crippen molar-refractivity contribution in [3.63, 3.8) is 0 Å². The van der Waals surface area contributed by atoms with E-state index in [1.165, 1.54) is 11.3 Å². The molecule has 158 valence electrons. The number of alkyl halides is 1. The number of halogens is 1. The molecule has 0 atom stereocenters. The molecule has 4 nitrogen and oxygen atoms in total. The standard InChI is InChI=1S/C24H26FNO3S/c1-23(25)8-5-16(6-9-23)29-20-4-3-15(24(28)10-11-24)13-18(20)19-14-26(2)22(27)21-17(19)7-12-30-21/h3-4,7,12-14,16,28H,5-6,8-11H2,1-2H3. The summed E-state index contributed by atoms with van der Waals surface area (Å²) in [5, 5.41) is 13.5. The average Bonchev–Trinajstić information content (AvgIpc) is 3.27. The number of hydrogen-bond donors (Lipinski definition) is 1. The van der Waals surface area contributed by atoms with Crippen molar-refractivity contribution in [2.75, 3.05) is 0 Å².